The van der Waals surface area contributed by atoms with Gasteiger partial charge >= 0.3 is 11.9 Å². The molecule has 1 aliphatic rings. The summed E-state index contributed by atoms with van der Waals surface area (Å²) in [6.45, 7) is 4.72. The highest BCUT2D eigenvalue weighted by Crippen LogP contribution is 2.32. The van der Waals surface area contributed by atoms with E-state index in [1.807, 2.05) is 13.0 Å². The van der Waals surface area contributed by atoms with Gasteiger partial charge in [-0.2, -0.15) is 0 Å². The number of terminal acetylenes is 1. The fraction of sp³-hybridized carbons (Fsp3) is 0.684. The van der Waals surface area contributed by atoms with E-state index in [0.717, 1.165) is 6.42 Å². The summed E-state index contributed by atoms with van der Waals surface area (Å²) in [6, 6.07) is 0. The van der Waals surface area contributed by atoms with Gasteiger partial charge in [-0.15, -0.1) is 18.0 Å². The molecule has 0 spiro atoms. The van der Waals surface area contributed by atoms with E-state index in [1.54, 1.807) is 6.08 Å². The fourth-order valence-corrected chi connectivity index (χ4v) is 3.59. The van der Waals surface area contributed by atoms with Gasteiger partial charge in [0.2, 0.25) is 0 Å². The Labute approximate surface area is 168 Å². The molecule has 6 atom stereocenters. The van der Waals surface area contributed by atoms with E-state index in [2.05, 4.69) is 21.9 Å². The Hall–Kier alpha value is -1.03. The number of allylic oxidation sites excluding steroid dienone is 1. The number of hydrogen-bond acceptors (Lipinski definition) is 5. The minimum Gasteiger partial charge on any atom is -0.461 e. The summed E-state index contributed by atoms with van der Waals surface area (Å²) < 4.78 is 17.1. The zero-order chi connectivity index (χ0) is 19.7. The number of carbonyl (C=O) groups excluding carboxylic acids is 2. The number of esters is 2. The molecule has 0 aromatic carbocycles. The van der Waals surface area contributed by atoms with E-state index < -0.39 is 29.5 Å². The Morgan fingerprint density at radius 3 is 2.46 bits per heavy atom. The topological polar surface area (TPSA) is 61.8 Å². The van der Waals surface area contributed by atoms with E-state index in [4.69, 9.17) is 32.2 Å². The summed E-state index contributed by atoms with van der Waals surface area (Å²) in [6.07, 6.45) is 9.01. The van der Waals surface area contributed by atoms with E-state index in [1.165, 1.54) is 13.8 Å². The molecule has 0 N–H and O–H groups in total. The molecule has 0 aromatic rings. The quantitative estimate of drug-likeness (QED) is 0.351. The lowest BCUT2D eigenvalue weighted by Gasteiger charge is -2.38. The van der Waals surface area contributed by atoms with Gasteiger partial charge in [0, 0.05) is 31.5 Å². The van der Waals surface area contributed by atoms with E-state index in [-0.39, 0.29) is 17.0 Å². The van der Waals surface area contributed by atoms with Gasteiger partial charge in [0.1, 0.15) is 12.2 Å². The monoisotopic (exact) mass is 448 g/mol. The first-order chi connectivity index (χ1) is 12.3. The van der Waals surface area contributed by atoms with Gasteiger partial charge in [-0.25, -0.2) is 0 Å². The number of carbonyl (C=O) groups is 2. The molecule has 0 aliphatic carbocycles. The second kappa shape index (κ2) is 11.6. The summed E-state index contributed by atoms with van der Waals surface area (Å²) in [5.74, 6) is 1.62. The largest absolute Gasteiger partial charge is 0.461 e. The van der Waals surface area contributed by atoms with Crippen LogP contribution in [-0.4, -0.2) is 46.6 Å². The third kappa shape index (κ3) is 7.69. The smallest absolute Gasteiger partial charge is 0.302 e. The second-order valence-electron chi connectivity index (χ2n) is 6.23. The lowest BCUT2D eigenvalue weighted by atomic mass is 9.95. The maximum atomic E-state index is 11.6. The number of halogens is 2. The summed E-state index contributed by atoms with van der Waals surface area (Å²) >= 11 is 10.2. The van der Waals surface area contributed by atoms with Crippen molar-refractivity contribution in [1.82, 2.24) is 0 Å². The van der Waals surface area contributed by atoms with Crippen LogP contribution in [0.15, 0.2) is 12.2 Å². The zero-order valence-corrected chi connectivity index (χ0v) is 17.7. The van der Waals surface area contributed by atoms with Gasteiger partial charge in [-0.1, -0.05) is 34.9 Å². The Kier molecular flexibility index (Phi) is 10.3. The van der Waals surface area contributed by atoms with Crippen LogP contribution in [0.4, 0.5) is 0 Å². The molecular weight excluding hydrogens is 424 g/mol. The summed E-state index contributed by atoms with van der Waals surface area (Å²) in [5.41, 5.74) is 0. The molecule has 1 aliphatic heterocycles. The summed E-state index contributed by atoms with van der Waals surface area (Å²) in [4.78, 5) is 23.1. The number of alkyl halides is 2. The molecule has 1 rings (SSSR count). The van der Waals surface area contributed by atoms with E-state index in [9.17, 15) is 9.59 Å². The molecule has 146 valence electrons. The van der Waals surface area contributed by atoms with Crippen molar-refractivity contribution in [1.29, 1.82) is 0 Å². The first-order valence-corrected chi connectivity index (χ1v) is 10.0. The van der Waals surface area contributed by atoms with Crippen LogP contribution in [-0.2, 0) is 23.8 Å². The zero-order valence-electron chi connectivity index (χ0n) is 15.3. The predicted octanol–water partition coefficient (Wildman–Crippen LogP) is 3.76. The number of rotatable bonds is 6. The van der Waals surface area contributed by atoms with Gasteiger partial charge < -0.3 is 14.2 Å². The standard InChI is InChI=1S/C19H26BrClO5/c1-5-7-8-9-16-19(25-13(4)23)10-15(21)18(24-12(3)22)11-17(26-16)14(20)6-2/h1,7-8,14-19H,6,9-11H2,2-4H3/b8-7+/t14-,15+,16+,17-,18+,19-/m1/s1. The highest BCUT2D eigenvalue weighted by Gasteiger charge is 2.39. The average Bonchev–Trinajstić information content (AvgIpc) is 2.56. The molecule has 1 saturated heterocycles. The molecule has 26 heavy (non-hydrogen) atoms. The maximum absolute atomic E-state index is 11.6. The van der Waals surface area contributed by atoms with Crippen molar-refractivity contribution in [3.05, 3.63) is 12.2 Å². The van der Waals surface area contributed by atoms with Gasteiger partial charge in [0.25, 0.3) is 0 Å². The molecular formula is C19H26BrClO5. The summed E-state index contributed by atoms with van der Waals surface area (Å²) in [5, 5.41) is -0.495. The van der Waals surface area contributed by atoms with Crippen LogP contribution in [0.25, 0.3) is 0 Å². The first kappa shape index (κ1) is 23.0. The van der Waals surface area contributed by atoms with Gasteiger partial charge in [0.15, 0.2) is 0 Å². The minimum atomic E-state index is -0.560. The highest BCUT2D eigenvalue weighted by molar-refractivity contribution is 9.09. The normalized spacial score (nSPS) is 30.7. The van der Waals surface area contributed by atoms with Gasteiger partial charge in [-0.3, -0.25) is 9.59 Å². The molecule has 0 unspecified atom stereocenters. The van der Waals surface area contributed by atoms with Crippen LogP contribution in [0.5, 0.6) is 0 Å². The summed E-state index contributed by atoms with van der Waals surface area (Å²) in [7, 11) is 0. The van der Waals surface area contributed by atoms with Crippen molar-refractivity contribution in [2.45, 2.75) is 81.1 Å². The van der Waals surface area contributed by atoms with Crippen LogP contribution in [0.3, 0.4) is 0 Å². The van der Waals surface area contributed by atoms with Crippen molar-refractivity contribution in [2.75, 3.05) is 0 Å². The molecule has 0 bridgehead atoms. The highest BCUT2D eigenvalue weighted by atomic mass is 79.9. The molecule has 0 saturated carbocycles. The van der Waals surface area contributed by atoms with Crippen LogP contribution in [0.1, 0.15) is 46.5 Å². The molecule has 0 radical (unpaired) electrons. The lowest BCUT2D eigenvalue weighted by molar-refractivity contribution is -0.169. The molecule has 0 amide bonds. The molecule has 7 heteroatoms. The van der Waals surface area contributed by atoms with Crippen molar-refractivity contribution in [3.8, 4) is 12.3 Å². The number of hydrogen-bond donors (Lipinski definition) is 0. The number of ether oxygens (including phenoxy) is 3. The average molecular weight is 450 g/mol. The third-order valence-corrected chi connectivity index (χ3v) is 5.80. The third-order valence-electron chi connectivity index (χ3n) is 4.10. The van der Waals surface area contributed by atoms with Crippen molar-refractivity contribution < 1.29 is 23.8 Å². The molecule has 1 fully saturated rings. The second-order valence-corrected chi connectivity index (χ2v) is 7.96. The Morgan fingerprint density at radius 1 is 1.31 bits per heavy atom. The van der Waals surface area contributed by atoms with E-state index in [0.29, 0.717) is 19.3 Å². The SMILES string of the molecule is C#C/C=C/C[C@@H]1O[C@@H]([C@H](Br)CC)C[C@H](OC(C)=O)[C@@H](Cl)C[C@H]1OC(C)=O. The van der Waals surface area contributed by atoms with Crippen LogP contribution in [0, 0.1) is 12.3 Å². The Morgan fingerprint density at radius 2 is 1.92 bits per heavy atom. The molecule has 1 heterocycles. The van der Waals surface area contributed by atoms with Crippen molar-refractivity contribution in [3.63, 3.8) is 0 Å². The van der Waals surface area contributed by atoms with Crippen LogP contribution >= 0.6 is 27.5 Å². The minimum absolute atomic E-state index is 0.0413. The van der Waals surface area contributed by atoms with Crippen molar-refractivity contribution in [2.24, 2.45) is 0 Å². The predicted molar refractivity (Wildman–Crippen MR) is 104 cm³/mol. The maximum Gasteiger partial charge on any atom is 0.302 e. The van der Waals surface area contributed by atoms with Crippen LogP contribution in [0.2, 0.25) is 0 Å². The van der Waals surface area contributed by atoms with Gasteiger partial charge in [0.05, 0.1) is 17.6 Å². The lowest BCUT2D eigenvalue weighted by Crippen LogP contribution is -2.47. The molecule has 5 nitrogen and oxygen atoms in total. The Bertz CT molecular complexity index is 545. The van der Waals surface area contributed by atoms with Gasteiger partial charge in [-0.05, 0) is 18.9 Å². The van der Waals surface area contributed by atoms with Crippen LogP contribution < -0.4 is 0 Å². The fourth-order valence-electron chi connectivity index (χ4n) is 2.92. The first-order valence-electron chi connectivity index (χ1n) is 8.67. The van der Waals surface area contributed by atoms with Crippen molar-refractivity contribution >= 4 is 39.5 Å². The van der Waals surface area contributed by atoms with E-state index >= 15 is 0 Å². The Balaban J connectivity index is 3.12. The molecule has 0 aromatic heterocycles.